The van der Waals surface area contributed by atoms with Gasteiger partial charge < -0.3 is 9.30 Å². The van der Waals surface area contributed by atoms with Crippen LogP contribution in [0.3, 0.4) is 0 Å². The molecule has 0 amide bonds. The summed E-state index contributed by atoms with van der Waals surface area (Å²) in [6.07, 6.45) is 4.05. The fraction of sp³-hybridized carbons (Fsp3) is 0.182. The molecule has 0 saturated heterocycles. The first-order valence-corrected chi connectivity index (χ1v) is 14.1. The number of allylic oxidation sites excluding steroid dienone is 1. The molecule has 200 valence electrons. The minimum absolute atomic E-state index is 0.177. The van der Waals surface area contributed by atoms with E-state index in [1.165, 1.54) is 16.9 Å². The molecule has 6 rings (SSSR count). The Kier molecular flexibility index (Phi) is 6.82. The maximum atomic E-state index is 14.0. The Balaban J connectivity index is 1.52. The van der Waals surface area contributed by atoms with Gasteiger partial charge in [-0.2, -0.15) is 0 Å². The number of ether oxygens (including phenoxy) is 1. The number of aromatic nitrogens is 2. The molecule has 6 nitrogen and oxygen atoms in total. The number of aryl methyl sites for hydroxylation is 1. The molecule has 40 heavy (non-hydrogen) atoms. The second kappa shape index (κ2) is 10.6. The second-order valence-corrected chi connectivity index (χ2v) is 10.9. The van der Waals surface area contributed by atoms with E-state index in [-0.39, 0.29) is 12.2 Å². The van der Waals surface area contributed by atoms with E-state index in [2.05, 4.69) is 35.0 Å². The van der Waals surface area contributed by atoms with Gasteiger partial charge in [-0.3, -0.25) is 9.36 Å². The van der Waals surface area contributed by atoms with Crippen molar-refractivity contribution in [2.75, 3.05) is 6.61 Å². The van der Waals surface area contributed by atoms with Gasteiger partial charge in [-0.1, -0.05) is 89.7 Å². The van der Waals surface area contributed by atoms with E-state index in [1.54, 1.807) is 11.5 Å². The zero-order chi connectivity index (χ0) is 27.8. The Labute approximate surface area is 235 Å². The predicted octanol–water partition coefficient (Wildman–Crippen LogP) is 5.11. The van der Waals surface area contributed by atoms with Crippen LogP contribution in [0, 0.1) is 6.92 Å². The molecule has 1 atom stereocenters. The first kappa shape index (κ1) is 25.8. The molecule has 1 aliphatic heterocycles. The van der Waals surface area contributed by atoms with Crippen LogP contribution in [0.1, 0.15) is 42.1 Å². The van der Waals surface area contributed by atoms with Crippen LogP contribution in [0.15, 0.2) is 106 Å². The van der Waals surface area contributed by atoms with Gasteiger partial charge in [0.25, 0.3) is 5.56 Å². The SMILES string of the molecule is CCOC(=O)C1=C(C)N=c2s/c(=C\c3cn(Cc4ccccc4)c4ccccc34)c(=O)n2[C@@H]1c1ccc(C)cc1. The summed E-state index contributed by atoms with van der Waals surface area (Å²) in [6.45, 7) is 6.57. The minimum Gasteiger partial charge on any atom is -0.463 e. The number of hydrogen-bond acceptors (Lipinski definition) is 5. The molecule has 0 radical (unpaired) electrons. The number of benzene rings is 3. The van der Waals surface area contributed by atoms with Gasteiger partial charge in [-0.15, -0.1) is 0 Å². The first-order valence-electron chi connectivity index (χ1n) is 13.3. The highest BCUT2D eigenvalue weighted by atomic mass is 32.1. The van der Waals surface area contributed by atoms with Crippen LogP contribution in [-0.2, 0) is 16.1 Å². The van der Waals surface area contributed by atoms with Crippen LogP contribution in [0.4, 0.5) is 0 Å². The molecule has 0 saturated carbocycles. The molecule has 0 N–H and O–H groups in total. The molecular weight excluding hydrogens is 518 g/mol. The summed E-state index contributed by atoms with van der Waals surface area (Å²) in [7, 11) is 0. The fourth-order valence-electron chi connectivity index (χ4n) is 5.30. The van der Waals surface area contributed by atoms with Crippen molar-refractivity contribution in [3.63, 3.8) is 0 Å². The van der Waals surface area contributed by atoms with Crippen LogP contribution < -0.4 is 14.9 Å². The largest absolute Gasteiger partial charge is 0.463 e. The predicted molar refractivity (Wildman–Crippen MR) is 159 cm³/mol. The molecule has 0 unspecified atom stereocenters. The number of fused-ring (bicyclic) bond motifs is 2. The van der Waals surface area contributed by atoms with Crippen LogP contribution in [-0.4, -0.2) is 21.7 Å². The number of para-hydroxylation sites is 1. The highest BCUT2D eigenvalue weighted by Gasteiger charge is 2.33. The van der Waals surface area contributed by atoms with E-state index >= 15 is 0 Å². The monoisotopic (exact) mass is 547 g/mol. The topological polar surface area (TPSA) is 65.6 Å². The Morgan fingerprint density at radius 2 is 1.73 bits per heavy atom. The molecule has 0 bridgehead atoms. The van der Waals surface area contributed by atoms with Crippen molar-refractivity contribution in [3.05, 3.63) is 138 Å². The van der Waals surface area contributed by atoms with Gasteiger partial charge in [0, 0.05) is 29.2 Å². The molecular formula is C33H29N3O3S. The van der Waals surface area contributed by atoms with Gasteiger partial charge >= 0.3 is 5.97 Å². The first-order chi connectivity index (χ1) is 19.4. The van der Waals surface area contributed by atoms with E-state index in [9.17, 15) is 9.59 Å². The summed E-state index contributed by atoms with van der Waals surface area (Å²) in [5, 5.41) is 1.07. The lowest BCUT2D eigenvalue weighted by Crippen LogP contribution is -2.39. The third-order valence-corrected chi connectivity index (χ3v) is 8.19. The highest BCUT2D eigenvalue weighted by Crippen LogP contribution is 2.31. The van der Waals surface area contributed by atoms with E-state index in [0.717, 1.165) is 34.1 Å². The number of carbonyl (C=O) groups is 1. The Hall–Kier alpha value is -4.49. The lowest BCUT2D eigenvalue weighted by atomic mass is 9.95. The number of thiazole rings is 1. The summed E-state index contributed by atoms with van der Waals surface area (Å²) >= 11 is 1.34. The van der Waals surface area contributed by atoms with Crippen molar-refractivity contribution in [1.82, 2.24) is 9.13 Å². The molecule has 5 aromatic rings. The number of carbonyl (C=O) groups excluding carboxylic acids is 1. The molecule has 7 heteroatoms. The summed E-state index contributed by atoms with van der Waals surface area (Å²) < 4.78 is 9.83. The fourth-order valence-corrected chi connectivity index (χ4v) is 6.34. The van der Waals surface area contributed by atoms with Crippen molar-refractivity contribution in [2.45, 2.75) is 33.4 Å². The summed E-state index contributed by atoms with van der Waals surface area (Å²) in [5.41, 5.74) is 5.99. The normalized spacial score (nSPS) is 15.3. The van der Waals surface area contributed by atoms with Crippen LogP contribution in [0.25, 0.3) is 17.0 Å². The lowest BCUT2D eigenvalue weighted by Gasteiger charge is -2.24. The quantitative estimate of drug-likeness (QED) is 0.278. The van der Waals surface area contributed by atoms with E-state index in [1.807, 2.05) is 74.5 Å². The smallest absolute Gasteiger partial charge is 0.338 e. The van der Waals surface area contributed by atoms with Gasteiger partial charge in [-0.05, 0) is 44.0 Å². The van der Waals surface area contributed by atoms with Crippen molar-refractivity contribution >= 4 is 34.3 Å². The number of esters is 1. The molecule has 1 aliphatic rings. The third kappa shape index (κ3) is 4.62. The van der Waals surface area contributed by atoms with Crippen molar-refractivity contribution < 1.29 is 9.53 Å². The number of hydrogen-bond donors (Lipinski definition) is 0. The molecule has 3 heterocycles. The van der Waals surface area contributed by atoms with Crippen molar-refractivity contribution in [1.29, 1.82) is 0 Å². The van der Waals surface area contributed by atoms with Crippen LogP contribution in [0.2, 0.25) is 0 Å². The van der Waals surface area contributed by atoms with E-state index < -0.39 is 12.0 Å². The van der Waals surface area contributed by atoms with Crippen LogP contribution in [0.5, 0.6) is 0 Å². The summed E-state index contributed by atoms with van der Waals surface area (Å²) in [5.74, 6) is -0.451. The zero-order valence-corrected chi connectivity index (χ0v) is 23.4. The van der Waals surface area contributed by atoms with Gasteiger partial charge in [0.2, 0.25) is 0 Å². The van der Waals surface area contributed by atoms with Gasteiger partial charge in [0.05, 0.1) is 28.5 Å². The summed E-state index contributed by atoms with van der Waals surface area (Å²) in [6, 6.07) is 25.8. The van der Waals surface area contributed by atoms with E-state index in [4.69, 9.17) is 9.73 Å². The Morgan fingerprint density at radius 3 is 2.48 bits per heavy atom. The Bertz CT molecular complexity index is 1940. The second-order valence-electron chi connectivity index (χ2n) is 9.93. The van der Waals surface area contributed by atoms with Gasteiger partial charge in [0.1, 0.15) is 0 Å². The van der Waals surface area contributed by atoms with Crippen LogP contribution >= 0.6 is 11.3 Å². The standard InChI is InChI=1S/C33H29N3O3S/c1-4-39-32(38)29-22(3)34-33-36(30(29)24-16-14-21(2)15-17-24)31(37)28(40-33)18-25-20-35(19-23-10-6-5-7-11-23)27-13-9-8-12-26(25)27/h5-18,20,30H,4,19H2,1-3H3/b28-18-/t30-/m1/s1. The van der Waals surface area contributed by atoms with E-state index in [0.29, 0.717) is 20.6 Å². The lowest BCUT2D eigenvalue weighted by molar-refractivity contribution is -0.139. The van der Waals surface area contributed by atoms with Gasteiger partial charge in [-0.25, -0.2) is 9.79 Å². The molecule has 2 aromatic heterocycles. The highest BCUT2D eigenvalue weighted by molar-refractivity contribution is 7.07. The average Bonchev–Trinajstić information content (AvgIpc) is 3.45. The van der Waals surface area contributed by atoms with Crippen molar-refractivity contribution in [2.24, 2.45) is 4.99 Å². The maximum absolute atomic E-state index is 14.0. The maximum Gasteiger partial charge on any atom is 0.338 e. The Morgan fingerprint density at radius 1 is 1.00 bits per heavy atom. The number of rotatable bonds is 6. The summed E-state index contributed by atoms with van der Waals surface area (Å²) in [4.78, 5) is 32.4. The molecule has 3 aromatic carbocycles. The third-order valence-electron chi connectivity index (χ3n) is 7.21. The zero-order valence-electron chi connectivity index (χ0n) is 22.6. The number of nitrogens with zero attached hydrogens (tertiary/aromatic N) is 3. The average molecular weight is 548 g/mol. The molecule has 0 spiro atoms. The molecule has 0 fully saturated rings. The van der Waals surface area contributed by atoms with Gasteiger partial charge in [0.15, 0.2) is 4.80 Å². The molecule has 0 aliphatic carbocycles. The minimum atomic E-state index is -0.613. The van der Waals surface area contributed by atoms with Crippen molar-refractivity contribution in [3.8, 4) is 0 Å².